The average Bonchev–Trinajstić information content (AvgIpc) is 2.74. The number of halogens is 1. The molecular formula is C20H22ClN3O5S. The summed E-state index contributed by atoms with van der Waals surface area (Å²) in [5.41, 5.74) is 0.963. The van der Waals surface area contributed by atoms with E-state index >= 15 is 0 Å². The highest BCUT2D eigenvalue weighted by molar-refractivity contribution is 7.89. The topological polar surface area (TPSA) is 96.0 Å². The van der Waals surface area contributed by atoms with Crippen molar-refractivity contribution in [2.24, 2.45) is 0 Å². The SMILES string of the molecule is COC(=O)c1ccc(NC(=O)CN2CCN(S(=O)(=O)c3ccc(Cl)cc3)CC2)cc1. The summed E-state index contributed by atoms with van der Waals surface area (Å²) in [5.74, 6) is -0.658. The minimum atomic E-state index is -3.58. The molecule has 1 N–H and O–H groups in total. The molecule has 2 aromatic carbocycles. The van der Waals surface area contributed by atoms with E-state index in [1.165, 1.54) is 23.5 Å². The van der Waals surface area contributed by atoms with Gasteiger partial charge in [-0.05, 0) is 48.5 Å². The molecule has 0 radical (unpaired) electrons. The number of hydrogen-bond donors (Lipinski definition) is 1. The summed E-state index contributed by atoms with van der Waals surface area (Å²) >= 11 is 5.83. The summed E-state index contributed by atoms with van der Waals surface area (Å²) in [5, 5.41) is 3.25. The van der Waals surface area contributed by atoms with Crippen LogP contribution < -0.4 is 5.32 Å². The first-order chi connectivity index (χ1) is 14.3. The normalized spacial score (nSPS) is 15.5. The highest BCUT2D eigenvalue weighted by Gasteiger charge is 2.29. The van der Waals surface area contributed by atoms with Crippen LogP contribution in [0, 0.1) is 0 Å². The van der Waals surface area contributed by atoms with Crippen LogP contribution in [0.3, 0.4) is 0 Å². The van der Waals surface area contributed by atoms with Gasteiger partial charge in [-0.3, -0.25) is 9.69 Å². The van der Waals surface area contributed by atoms with Gasteiger partial charge in [0, 0.05) is 36.9 Å². The van der Waals surface area contributed by atoms with Gasteiger partial charge in [-0.25, -0.2) is 13.2 Å². The second-order valence-corrected chi connectivity index (χ2v) is 9.13. The zero-order valence-electron chi connectivity index (χ0n) is 16.4. The van der Waals surface area contributed by atoms with E-state index in [-0.39, 0.29) is 17.3 Å². The molecule has 30 heavy (non-hydrogen) atoms. The number of nitrogens with one attached hydrogen (secondary N) is 1. The first kappa shape index (κ1) is 22.2. The van der Waals surface area contributed by atoms with Gasteiger partial charge >= 0.3 is 5.97 Å². The Labute approximate surface area is 180 Å². The lowest BCUT2D eigenvalue weighted by Gasteiger charge is -2.33. The molecule has 0 aliphatic carbocycles. The van der Waals surface area contributed by atoms with E-state index in [9.17, 15) is 18.0 Å². The molecule has 160 valence electrons. The van der Waals surface area contributed by atoms with Gasteiger partial charge in [0.05, 0.1) is 24.1 Å². The van der Waals surface area contributed by atoms with E-state index in [1.807, 2.05) is 4.90 Å². The van der Waals surface area contributed by atoms with Gasteiger partial charge in [0.2, 0.25) is 15.9 Å². The van der Waals surface area contributed by atoms with Crippen LogP contribution in [-0.4, -0.2) is 69.3 Å². The van der Waals surface area contributed by atoms with Gasteiger partial charge in [-0.2, -0.15) is 4.31 Å². The minimum Gasteiger partial charge on any atom is -0.465 e. The Bertz CT molecular complexity index is 1000. The number of hydrogen-bond acceptors (Lipinski definition) is 6. The maximum atomic E-state index is 12.7. The summed E-state index contributed by atoms with van der Waals surface area (Å²) in [6.07, 6.45) is 0. The number of ether oxygens (including phenoxy) is 1. The van der Waals surface area contributed by atoms with E-state index in [2.05, 4.69) is 10.1 Å². The smallest absolute Gasteiger partial charge is 0.337 e. The van der Waals surface area contributed by atoms with E-state index in [0.717, 1.165) is 0 Å². The van der Waals surface area contributed by atoms with E-state index in [4.69, 9.17) is 11.6 Å². The van der Waals surface area contributed by atoms with Crippen molar-refractivity contribution < 1.29 is 22.7 Å². The van der Waals surface area contributed by atoms with E-state index < -0.39 is 16.0 Å². The zero-order valence-corrected chi connectivity index (χ0v) is 17.9. The largest absolute Gasteiger partial charge is 0.465 e. The Morgan fingerprint density at radius 3 is 2.17 bits per heavy atom. The van der Waals surface area contributed by atoms with Crippen LogP contribution in [0.1, 0.15) is 10.4 Å². The predicted molar refractivity (Wildman–Crippen MR) is 113 cm³/mol. The number of piperazine rings is 1. The number of amides is 1. The molecule has 1 aliphatic heterocycles. The molecule has 0 aromatic heterocycles. The van der Waals surface area contributed by atoms with Crippen molar-refractivity contribution in [3.05, 3.63) is 59.1 Å². The molecule has 1 saturated heterocycles. The Balaban J connectivity index is 1.51. The third-order valence-electron chi connectivity index (χ3n) is 4.74. The molecule has 2 aromatic rings. The van der Waals surface area contributed by atoms with Crippen LogP contribution in [0.15, 0.2) is 53.4 Å². The molecule has 10 heteroatoms. The standard InChI is InChI=1S/C20H22ClN3O5S/c1-29-20(26)15-2-6-17(7-3-15)22-19(25)14-23-10-12-24(13-11-23)30(27,28)18-8-4-16(21)5-9-18/h2-9H,10-14H2,1H3,(H,22,25). The highest BCUT2D eigenvalue weighted by Crippen LogP contribution is 2.20. The van der Waals surface area contributed by atoms with Crippen molar-refractivity contribution >= 4 is 39.2 Å². The molecular weight excluding hydrogens is 430 g/mol. The fraction of sp³-hybridized carbons (Fsp3) is 0.300. The molecule has 0 spiro atoms. The van der Waals surface area contributed by atoms with Crippen LogP contribution >= 0.6 is 11.6 Å². The number of carbonyl (C=O) groups is 2. The predicted octanol–water partition coefficient (Wildman–Crippen LogP) is 2.07. The monoisotopic (exact) mass is 451 g/mol. The van der Waals surface area contributed by atoms with Crippen molar-refractivity contribution in [2.75, 3.05) is 45.2 Å². The van der Waals surface area contributed by atoms with Crippen molar-refractivity contribution in [2.45, 2.75) is 4.90 Å². The number of carbonyl (C=O) groups excluding carboxylic acids is 2. The maximum Gasteiger partial charge on any atom is 0.337 e. The fourth-order valence-electron chi connectivity index (χ4n) is 3.09. The second kappa shape index (κ2) is 9.57. The van der Waals surface area contributed by atoms with Crippen molar-refractivity contribution in [1.82, 2.24) is 9.21 Å². The summed E-state index contributed by atoms with van der Waals surface area (Å²) < 4.78 is 31.5. The first-order valence-electron chi connectivity index (χ1n) is 9.26. The maximum absolute atomic E-state index is 12.7. The van der Waals surface area contributed by atoms with Gasteiger partial charge < -0.3 is 10.1 Å². The quantitative estimate of drug-likeness (QED) is 0.675. The lowest BCUT2D eigenvalue weighted by Crippen LogP contribution is -2.50. The lowest BCUT2D eigenvalue weighted by atomic mass is 10.2. The van der Waals surface area contributed by atoms with Crippen molar-refractivity contribution in [3.8, 4) is 0 Å². The van der Waals surface area contributed by atoms with Crippen LogP contribution in [0.2, 0.25) is 5.02 Å². The van der Waals surface area contributed by atoms with Crippen LogP contribution in [0.25, 0.3) is 0 Å². The third kappa shape index (κ3) is 5.37. The van der Waals surface area contributed by atoms with Gasteiger partial charge in [0.1, 0.15) is 0 Å². The van der Waals surface area contributed by atoms with Gasteiger partial charge in [0.15, 0.2) is 0 Å². The van der Waals surface area contributed by atoms with Crippen molar-refractivity contribution in [1.29, 1.82) is 0 Å². The number of rotatable bonds is 6. The molecule has 0 saturated carbocycles. The Morgan fingerprint density at radius 1 is 1.00 bits per heavy atom. The number of methoxy groups -OCH3 is 1. The molecule has 0 atom stereocenters. The Hall–Kier alpha value is -2.46. The molecule has 1 heterocycles. The molecule has 0 unspecified atom stereocenters. The summed E-state index contributed by atoms with van der Waals surface area (Å²) in [6, 6.07) is 12.5. The number of esters is 1. The summed E-state index contributed by atoms with van der Waals surface area (Å²) in [4.78, 5) is 25.8. The van der Waals surface area contributed by atoms with Gasteiger partial charge in [0.25, 0.3) is 0 Å². The van der Waals surface area contributed by atoms with E-state index in [0.29, 0.717) is 42.5 Å². The molecule has 0 bridgehead atoms. The fourth-order valence-corrected chi connectivity index (χ4v) is 4.64. The molecule has 1 aliphatic rings. The minimum absolute atomic E-state index is 0.146. The lowest BCUT2D eigenvalue weighted by molar-refractivity contribution is -0.117. The van der Waals surface area contributed by atoms with E-state index in [1.54, 1.807) is 36.4 Å². The summed E-state index contributed by atoms with van der Waals surface area (Å²) in [6.45, 7) is 1.63. The number of nitrogens with zero attached hydrogens (tertiary/aromatic N) is 2. The number of benzene rings is 2. The zero-order chi connectivity index (χ0) is 21.7. The second-order valence-electron chi connectivity index (χ2n) is 6.75. The van der Waals surface area contributed by atoms with Crippen LogP contribution in [0.5, 0.6) is 0 Å². The Kier molecular flexibility index (Phi) is 7.09. The Morgan fingerprint density at radius 2 is 1.60 bits per heavy atom. The highest BCUT2D eigenvalue weighted by atomic mass is 35.5. The molecule has 3 rings (SSSR count). The summed E-state index contributed by atoms with van der Waals surface area (Å²) in [7, 11) is -2.28. The number of sulfonamides is 1. The average molecular weight is 452 g/mol. The van der Waals surface area contributed by atoms with Gasteiger partial charge in [-0.1, -0.05) is 11.6 Å². The van der Waals surface area contributed by atoms with Crippen LogP contribution in [-0.2, 0) is 19.6 Å². The number of anilines is 1. The molecule has 1 fully saturated rings. The molecule has 1 amide bonds. The third-order valence-corrected chi connectivity index (χ3v) is 6.90. The van der Waals surface area contributed by atoms with Crippen LogP contribution in [0.4, 0.5) is 5.69 Å². The van der Waals surface area contributed by atoms with Crippen molar-refractivity contribution in [3.63, 3.8) is 0 Å². The molecule has 8 nitrogen and oxygen atoms in total. The first-order valence-corrected chi connectivity index (χ1v) is 11.1. The van der Waals surface area contributed by atoms with Gasteiger partial charge in [-0.15, -0.1) is 0 Å².